The van der Waals surface area contributed by atoms with Crippen LogP contribution in [0.2, 0.25) is 0 Å². The van der Waals surface area contributed by atoms with Crippen molar-refractivity contribution in [3.05, 3.63) is 59.3 Å². The average Bonchev–Trinajstić information content (AvgIpc) is 2.80. The summed E-state index contributed by atoms with van der Waals surface area (Å²) in [6.45, 7) is 0.266. The molecule has 4 rings (SSSR count). The summed E-state index contributed by atoms with van der Waals surface area (Å²) in [7, 11) is 0. The molecular formula is C17H14N2O3. The van der Waals surface area contributed by atoms with Gasteiger partial charge in [-0.15, -0.1) is 0 Å². The Morgan fingerprint density at radius 3 is 2.55 bits per heavy atom. The van der Waals surface area contributed by atoms with Crippen LogP contribution in [0.3, 0.4) is 0 Å². The van der Waals surface area contributed by atoms with Crippen molar-refractivity contribution in [3.8, 4) is 5.88 Å². The molecule has 22 heavy (non-hydrogen) atoms. The second-order valence-electron chi connectivity index (χ2n) is 5.51. The maximum absolute atomic E-state index is 12.4. The zero-order valence-corrected chi connectivity index (χ0v) is 11.9. The molecule has 5 nitrogen and oxygen atoms in total. The van der Waals surface area contributed by atoms with E-state index in [-0.39, 0.29) is 24.5 Å². The Bertz CT molecular complexity index is 737. The van der Waals surface area contributed by atoms with Crippen LogP contribution < -0.4 is 4.74 Å². The van der Waals surface area contributed by atoms with Crippen LogP contribution in [0.25, 0.3) is 0 Å². The normalized spacial score (nSPS) is 19.6. The number of benzene rings is 1. The first-order chi connectivity index (χ1) is 10.7. The van der Waals surface area contributed by atoms with E-state index < -0.39 is 0 Å². The molecule has 1 unspecified atom stereocenters. The number of carbonyl (C=O) groups is 2. The van der Waals surface area contributed by atoms with Crippen LogP contribution in [0.1, 0.15) is 32.7 Å². The molecule has 3 heterocycles. The second kappa shape index (κ2) is 4.94. The van der Waals surface area contributed by atoms with Gasteiger partial charge in [-0.3, -0.25) is 14.5 Å². The monoisotopic (exact) mass is 294 g/mol. The van der Waals surface area contributed by atoms with Crippen molar-refractivity contribution in [1.82, 2.24) is 9.88 Å². The van der Waals surface area contributed by atoms with Crippen LogP contribution in [-0.4, -0.2) is 34.3 Å². The SMILES string of the molecule is O=C1c2ccccc2C(=O)N1CC1CCc2cccnc2O1. The number of imide groups is 1. The summed E-state index contributed by atoms with van der Waals surface area (Å²) >= 11 is 0. The van der Waals surface area contributed by atoms with Gasteiger partial charge < -0.3 is 4.74 Å². The minimum atomic E-state index is -0.240. The number of nitrogens with zero attached hydrogens (tertiary/aromatic N) is 2. The first kappa shape index (κ1) is 13.0. The van der Waals surface area contributed by atoms with E-state index in [0.29, 0.717) is 17.0 Å². The van der Waals surface area contributed by atoms with Crippen molar-refractivity contribution in [2.24, 2.45) is 0 Å². The van der Waals surface area contributed by atoms with Gasteiger partial charge in [0.05, 0.1) is 17.7 Å². The summed E-state index contributed by atoms with van der Waals surface area (Å²) in [6, 6.07) is 10.8. The fraction of sp³-hybridized carbons (Fsp3) is 0.235. The molecular weight excluding hydrogens is 280 g/mol. The zero-order chi connectivity index (χ0) is 15.1. The highest BCUT2D eigenvalue weighted by Gasteiger charge is 2.37. The lowest BCUT2D eigenvalue weighted by Gasteiger charge is -2.27. The van der Waals surface area contributed by atoms with Crippen LogP contribution in [-0.2, 0) is 6.42 Å². The molecule has 1 aromatic heterocycles. The van der Waals surface area contributed by atoms with Gasteiger partial charge in [0.1, 0.15) is 6.10 Å². The number of aryl methyl sites for hydroxylation is 1. The Kier molecular flexibility index (Phi) is 2.92. The Morgan fingerprint density at radius 2 is 1.82 bits per heavy atom. The highest BCUT2D eigenvalue weighted by atomic mass is 16.5. The molecule has 0 radical (unpaired) electrons. The molecule has 2 amide bonds. The number of aromatic nitrogens is 1. The first-order valence-corrected chi connectivity index (χ1v) is 7.30. The molecule has 2 aliphatic heterocycles. The fourth-order valence-corrected chi connectivity index (χ4v) is 2.99. The van der Waals surface area contributed by atoms with Gasteiger partial charge >= 0.3 is 0 Å². The first-order valence-electron chi connectivity index (χ1n) is 7.30. The lowest BCUT2D eigenvalue weighted by atomic mass is 10.0. The molecule has 0 N–H and O–H groups in total. The standard InChI is InChI=1S/C17H14N2O3/c20-16-13-5-1-2-6-14(13)17(21)19(16)10-12-8-7-11-4-3-9-18-15(11)22-12/h1-6,9,12H,7-8,10H2. The summed E-state index contributed by atoms with van der Waals surface area (Å²) in [4.78, 5) is 30.2. The molecule has 0 bridgehead atoms. The van der Waals surface area contributed by atoms with Crippen molar-refractivity contribution in [2.75, 3.05) is 6.54 Å². The number of hydrogen-bond acceptors (Lipinski definition) is 4. The Balaban J connectivity index is 1.54. The molecule has 2 aromatic rings. The maximum Gasteiger partial charge on any atom is 0.261 e. The Morgan fingerprint density at radius 1 is 1.09 bits per heavy atom. The van der Waals surface area contributed by atoms with E-state index >= 15 is 0 Å². The number of fused-ring (bicyclic) bond motifs is 2. The van der Waals surface area contributed by atoms with E-state index in [1.54, 1.807) is 30.5 Å². The van der Waals surface area contributed by atoms with Crippen molar-refractivity contribution in [3.63, 3.8) is 0 Å². The summed E-state index contributed by atoms with van der Waals surface area (Å²) in [5.41, 5.74) is 2.02. The quantitative estimate of drug-likeness (QED) is 0.796. The van der Waals surface area contributed by atoms with Crippen molar-refractivity contribution >= 4 is 11.8 Å². The Hall–Kier alpha value is -2.69. The molecule has 5 heteroatoms. The third kappa shape index (κ3) is 1.97. The molecule has 0 spiro atoms. The van der Waals surface area contributed by atoms with Gasteiger partial charge in [-0.1, -0.05) is 18.2 Å². The third-order valence-corrected chi connectivity index (χ3v) is 4.13. The minimum Gasteiger partial charge on any atom is -0.472 e. The topological polar surface area (TPSA) is 59.5 Å². The van der Waals surface area contributed by atoms with Gasteiger partial charge in [-0.25, -0.2) is 4.98 Å². The average molecular weight is 294 g/mol. The van der Waals surface area contributed by atoms with Gasteiger partial charge in [-0.2, -0.15) is 0 Å². The zero-order valence-electron chi connectivity index (χ0n) is 11.9. The molecule has 0 saturated heterocycles. The molecule has 110 valence electrons. The lowest BCUT2D eigenvalue weighted by Crippen LogP contribution is -2.40. The highest BCUT2D eigenvalue weighted by molar-refractivity contribution is 6.21. The van der Waals surface area contributed by atoms with E-state index in [4.69, 9.17) is 4.74 Å². The fourth-order valence-electron chi connectivity index (χ4n) is 2.99. The van der Waals surface area contributed by atoms with Crippen molar-refractivity contribution < 1.29 is 14.3 Å². The van der Waals surface area contributed by atoms with Crippen molar-refractivity contribution in [2.45, 2.75) is 18.9 Å². The number of rotatable bonds is 2. The molecule has 2 aliphatic rings. The van der Waals surface area contributed by atoms with E-state index in [0.717, 1.165) is 18.4 Å². The molecule has 0 fully saturated rings. The van der Waals surface area contributed by atoms with E-state index in [9.17, 15) is 9.59 Å². The Labute approximate surface area is 127 Å². The molecule has 0 aliphatic carbocycles. The van der Waals surface area contributed by atoms with Crippen molar-refractivity contribution in [1.29, 1.82) is 0 Å². The molecule has 1 aromatic carbocycles. The third-order valence-electron chi connectivity index (χ3n) is 4.13. The van der Waals surface area contributed by atoms with Gasteiger partial charge in [0.15, 0.2) is 0 Å². The molecule has 1 atom stereocenters. The van der Waals surface area contributed by atoms with Crippen LogP contribution in [0.5, 0.6) is 5.88 Å². The van der Waals surface area contributed by atoms with Crippen LogP contribution in [0.15, 0.2) is 42.6 Å². The number of ether oxygens (including phenoxy) is 1. The van der Waals surface area contributed by atoms with Gasteiger partial charge in [0.25, 0.3) is 11.8 Å². The number of hydrogen-bond donors (Lipinski definition) is 0. The van der Waals surface area contributed by atoms with Crippen LogP contribution >= 0.6 is 0 Å². The second-order valence-corrected chi connectivity index (χ2v) is 5.51. The number of amides is 2. The van der Waals surface area contributed by atoms with Crippen LogP contribution in [0.4, 0.5) is 0 Å². The highest BCUT2D eigenvalue weighted by Crippen LogP contribution is 2.28. The summed E-state index contributed by atoms with van der Waals surface area (Å²) in [6.07, 6.45) is 3.09. The summed E-state index contributed by atoms with van der Waals surface area (Å²) < 4.78 is 5.83. The van der Waals surface area contributed by atoms with Crippen LogP contribution in [0, 0.1) is 0 Å². The summed E-state index contributed by atoms with van der Waals surface area (Å²) in [5.74, 6) is 0.127. The predicted octanol–water partition coefficient (Wildman–Crippen LogP) is 2.07. The van der Waals surface area contributed by atoms with E-state index in [1.807, 2.05) is 12.1 Å². The smallest absolute Gasteiger partial charge is 0.261 e. The predicted molar refractivity (Wildman–Crippen MR) is 78.8 cm³/mol. The van der Waals surface area contributed by atoms with E-state index in [1.165, 1.54) is 4.90 Å². The van der Waals surface area contributed by atoms with Gasteiger partial charge in [-0.05, 0) is 31.0 Å². The van der Waals surface area contributed by atoms with Gasteiger partial charge in [0, 0.05) is 11.8 Å². The van der Waals surface area contributed by atoms with E-state index in [2.05, 4.69) is 4.98 Å². The van der Waals surface area contributed by atoms with Gasteiger partial charge in [0.2, 0.25) is 5.88 Å². The lowest BCUT2D eigenvalue weighted by molar-refractivity contribution is 0.0544. The minimum absolute atomic E-state index is 0.204. The number of carbonyl (C=O) groups excluding carboxylic acids is 2. The molecule has 0 saturated carbocycles. The number of pyridine rings is 1. The largest absolute Gasteiger partial charge is 0.472 e. The summed E-state index contributed by atoms with van der Waals surface area (Å²) in [5, 5.41) is 0. The maximum atomic E-state index is 12.4.